The van der Waals surface area contributed by atoms with E-state index in [0.717, 1.165) is 10.6 Å². The van der Waals surface area contributed by atoms with Gasteiger partial charge in [-0.2, -0.15) is 0 Å². The highest BCUT2D eigenvalue weighted by Crippen LogP contribution is 2.18. The van der Waals surface area contributed by atoms with Crippen LogP contribution in [0.5, 0.6) is 0 Å². The van der Waals surface area contributed by atoms with E-state index in [1.54, 1.807) is 27.0 Å². The Morgan fingerprint density at radius 2 is 1.17 bits per heavy atom. The van der Waals surface area contributed by atoms with Gasteiger partial charge in [-0.15, -0.1) is 0 Å². The summed E-state index contributed by atoms with van der Waals surface area (Å²) >= 11 is 0. The van der Waals surface area contributed by atoms with Crippen LogP contribution in [0, 0.1) is 0 Å². The van der Waals surface area contributed by atoms with Crippen molar-refractivity contribution in [2.45, 2.75) is 0 Å². The average Bonchev–Trinajstić information content (AvgIpc) is 2.65. The molecule has 0 aliphatic heterocycles. The Labute approximate surface area is 139 Å². The second-order valence-electron chi connectivity index (χ2n) is 4.39. The zero-order valence-corrected chi connectivity index (χ0v) is 15.5. The first-order valence-corrected chi connectivity index (χ1v) is 10.0. The van der Waals surface area contributed by atoms with Gasteiger partial charge in [-0.1, -0.05) is 47.5 Å². The zero-order chi connectivity index (χ0) is 17.1. The molecule has 0 N–H and O–H groups in total. The molecule has 0 atom stereocenters. The summed E-state index contributed by atoms with van der Waals surface area (Å²) in [7, 11) is 0.779. The fourth-order valence-electron chi connectivity index (χ4n) is 1.78. The van der Waals surface area contributed by atoms with Gasteiger partial charge < -0.3 is 13.3 Å². The number of hydrogen-bond acceptors (Lipinski definition) is 4. The average molecular weight is 349 g/mol. The van der Waals surface area contributed by atoms with E-state index in [2.05, 4.69) is 6.58 Å². The van der Waals surface area contributed by atoms with E-state index in [1.165, 1.54) is 0 Å². The predicted octanol–water partition coefficient (Wildman–Crippen LogP) is 3.05. The van der Waals surface area contributed by atoms with Crippen LogP contribution in [0.2, 0.25) is 0 Å². The van der Waals surface area contributed by atoms with E-state index >= 15 is 0 Å². The quantitative estimate of drug-likeness (QED) is 0.594. The van der Waals surface area contributed by atoms with Crippen LogP contribution in [0.4, 0.5) is 0 Å². The third kappa shape index (κ3) is 5.82. The molecule has 0 aliphatic carbocycles. The van der Waals surface area contributed by atoms with E-state index in [-0.39, 0.29) is 0 Å². The molecule has 0 bridgehead atoms. The molecule has 0 fully saturated rings. The van der Waals surface area contributed by atoms with Gasteiger partial charge in [0.2, 0.25) is 0 Å². The Balaban J connectivity index is 0.000000257. The summed E-state index contributed by atoms with van der Waals surface area (Å²) in [6.45, 7) is 3.53. The highest BCUT2D eigenvalue weighted by atomic mass is 31.1. The maximum Gasteiger partial charge on any atom is 0.528 e. The summed E-state index contributed by atoms with van der Waals surface area (Å²) in [5.41, 5.74) is 1.58. The lowest BCUT2D eigenvalue weighted by molar-refractivity contribution is 0.138. The van der Waals surface area contributed by atoms with Crippen LogP contribution in [0.15, 0.2) is 72.9 Å². The van der Waals surface area contributed by atoms with Crippen LogP contribution < -0.4 is 10.6 Å². The first-order valence-electron chi connectivity index (χ1n) is 6.99. The SMILES string of the molecule is C=C[Si](OC)(OC)OC.O=[P+](c1ccccc1)c1ccccc1. The summed E-state index contributed by atoms with van der Waals surface area (Å²) < 4.78 is 26.9. The van der Waals surface area contributed by atoms with Gasteiger partial charge in [0.15, 0.2) is 10.6 Å². The molecule has 4 nitrogen and oxygen atoms in total. The maximum atomic E-state index is 12.0. The van der Waals surface area contributed by atoms with Crippen molar-refractivity contribution in [1.82, 2.24) is 0 Å². The van der Waals surface area contributed by atoms with Crippen molar-refractivity contribution >= 4 is 27.2 Å². The van der Waals surface area contributed by atoms with Crippen molar-refractivity contribution in [3.8, 4) is 0 Å². The van der Waals surface area contributed by atoms with Crippen LogP contribution in [0.3, 0.4) is 0 Å². The van der Waals surface area contributed by atoms with Crippen molar-refractivity contribution in [1.29, 1.82) is 0 Å². The Morgan fingerprint density at radius 3 is 1.39 bits per heavy atom. The van der Waals surface area contributed by atoms with Crippen LogP contribution in [0.1, 0.15) is 0 Å². The maximum absolute atomic E-state index is 12.0. The van der Waals surface area contributed by atoms with E-state index in [0.29, 0.717) is 0 Å². The largest absolute Gasteiger partial charge is 0.528 e. The van der Waals surface area contributed by atoms with Gasteiger partial charge in [-0.3, -0.25) is 0 Å². The summed E-state index contributed by atoms with van der Waals surface area (Å²) in [5, 5.41) is 1.77. The van der Waals surface area contributed by atoms with Crippen LogP contribution in [-0.2, 0) is 17.8 Å². The Morgan fingerprint density at radius 1 is 0.826 bits per heavy atom. The van der Waals surface area contributed by atoms with Gasteiger partial charge >= 0.3 is 16.6 Å². The fraction of sp³-hybridized carbons (Fsp3) is 0.176. The first kappa shape index (κ1) is 19.4. The molecular formula is C17H22O4PSi+. The Bertz CT molecular complexity index is 551. The molecule has 2 aromatic carbocycles. The highest BCUT2D eigenvalue weighted by Gasteiger charge is 2.33. The van der Waals surface area contributed by atoms with Crippen molar-refractivity contribution in [2.24, 2.45) is 0 Å². The van der Waals surface area contributed by atoms with Gasteiger partial charge in [-0.05, 0) is 30.0 Å². The van der Waals surface area contributed by atoms with Gasteiger partial charge in [0.1, 0.15) is 0 Å². The third-order valence-corrected chi connectivity index (χ3v) is 6.83. The summed E-state index contributed by atoms with van der Waals surface area (Å²) in [4.78, 5) is 0. The smallest absolute Gasteiger partial charge is 0.374 e. The van der Waals surface area contributed by atoms with Crippen molar-refractivity contribution in [3.63, 3.8) is 0 Å². The Hall–Kier alpha value is -1.62. The zero-order valence-electron chi connectivity index (χ0n) is 13.6. The topological polar surface area (TPSA) is 44.8 Å². The van der Waals surface area contributed by atoms with E-state index in [4.69, 9.17) is 13.3 Å². The van der Waals surface area contributed by atoms with Crippen LogP contribution in [-0.4, -0.2) is 30.1 Å². The predicted molar refractivity (Wildman–Crippen MR) is 96.7 cm³/mol. The molecule has 0 spiro atoms. The molecule has 0 amide bonds. The van der Waals surface area contributed by atoms with Crippen LogP contribution >= 0.6 is 7.80 Å². The second kappa shape index (κ2) is 10.2. The van der Waals surface area contributed by atoms with Gasteiger partial charge in [0, 0.05) is 21.3 Å². The summed E-state index contributed by atoms with van der Waals surface area (Å²) in [6, 6.07) is 19.1. The molecule has 0 heterocycles. The minimum atomic E-state index is -2.43. The number of hydrogen-bond donors (Lipinski definition) is 0. The molecular weight excluding hydrogens is 327 g/mol. The second-order valence-corrected chi connectivity index (χ2v) is 8.85. The lowest BCUT2D eigenvalue weighted by Gasteiger charge is -2.19. The molecule has 0 unspecified atom stereocenters. The minimum Gasteiger partial charge on any atom is -0.374 e. The molecule has 0 aliphatic rings. The van der Waals surface area contributed by atoms with Crippen molar-refractivity contribution in [2.75, 3.05) is 21.3 Å². The molecule has 23 heavy (non-hydrogen) atoms. The summed E-state index contributed by atoms with van der Waals surface area (Å²) in [6.07, 6.45) is 0. The molecule has 2 rings (SSSR count). The van der Waals surface area contributed by atoms with Crippen molar-refractivity contribution in [3.05, 3.63) is 72.9 Å². The van der Waals surface area contributed by atoms with Gasteiger partial charge in [0.05, 0.1) is 0 Å². The standard InChI is InChI=1S/C12H10OP.C5H12O3Si/c13-14(11-7-3-1-4-8-11)12-9-5-2-6-10-12;1-5-9(6-2,7-3)8-4/h1-10H;5H,1H2,2-4H3/q+1;. The molecule has 122 valence electrons. The van der Waals surface area contributed by atoms with E-state index in [9.17, 15) is 4.57 Å². The Kier molecular flexibility index (Phi) is 8.62. The van der Waals surface area contributed by atoms with Gasteiger partial charge in [-0.25, -0.2) is 0 Å². The molecule has 0 saturated heterocycles. The normalized spacial score (nSPS) is 10.4. The van der Waals surface area contributed by atoms with E-state index in [1.807, 2.05) is 60.7 Å². The van der Waals surface area contributed by atoms with E-state index < -0.39 is 16.6 Å². The molecule has 0 saturated carbocycles. The highest BCUT2D eigenvalue weighted by molar-refractivity contribution is 7.61. The van der Waals surface area contributed by atoms with Crippen LogP contribution in [0.25, 0.3) is 0 Å². The number of rotatable bonds is 6. The molecule has 2 aromatic rings. The third-order valence-electron chi connectivity index (χ3n) is 3.08. The lowest BCUT2D eigenvalue weighted by Crippen LogP contribution is -2.40. The lowest BCUT2D eigenvalue weighted by atomic mass is 10.4. The molecule has 0 aromatic heterocycles. The number of benzene rings is 2. The van der Waals surface area contributed by atoms with Crippen molar-refractivity contribution < 1.29 is 17.8 Å². The monoisotopic (exact) mass is 349 g/mol. The molecule has 0 radical (unpaired) electrons. The summed E-state index contributed by atoms with van der Waals surface area (Å²) in [5.74, 6) is 0. The fourth-order valence-corrected chi connectivity index (χ4v) is 3.96. The van der Waals surface area contributed by atoms with Gasteiger partial charge in [0.25, 0.3) is 0 Å². The minimum absolute atomic E-state index is 0.883. The molecule has 6 heteroatoms. The first-order chi connectivity index (χ1) is 11.1.